The number of amides is 1. The van der Waals surface area contributed by atoms with Crippen molar-refractivity contribution in [1.82, 2.24) is 5.32 Å². The average molecular weight is 412 g/mol. The summed E-state index contributed by atoms with van der Waals surface area (Å²) in [5.74, 6) is 0.144. The monoisotopic (exact) mass is 411 g/mol. The number of halogens is 2. The lowest BCUT2D eigenvalue weighted by molar-refractivity contribution is 0.135. The molecule has 3 aromatic carbocycles. The molecule has 5 heteroatoms. The third kappa shape index (κ3) is 4.01. The Balaban J connectivity index is 1.49. The molecule has 4 rings (SSSR count). The van der Waals surface area contributed by atoms with Crippen molar-refractivity contribution in [2.45, 2.75) is 25.0 Å². The summed E-state index contributed by atoms with van der Waals surface area (Å²) in [6, 6.07) is 23.4. The highest BCUT2D eigenvalue weighted by atomic mass is 35.5. The molecule has 28 heavy (non-hydrogen) atoms. The van der Waals surface area contributed by atoms with E-state index in [0.717, 1.165) is 23.1 Å². The first-order valence-corrected chi connectivity index (χ1v) is 9.88. The lowest BCUT2D eigenvalue weighted by atomic mass is 9.93. The fourth-order valence-corrected chi connectivity index (χ4v) is 4.03. The molecule has 1 aliphatic rings. The van der Waals surface area contributed by atoms with E-state index in [1.54, 1.807) is 0 Å². The molecule has 0 saturated heterocycles. The first-order chi connectivity index (χ1) is 13.6. The fourth-order valence-electron chi connectivity index (χ4n) is 3.72. The van der Waals surface area contributed by atoms with Crippen molar-refractivity contribution in [3.8, 4) is 0 Å². The molecular formula is C23H19Cl2NO2. The molecule has 1 amide bonds. The highest BCUT2D eigenvalue weighted by Crippen LogP contribution is 2.44. The molecule has 0 bridgehead atoms. The molecule has 0 unspecified atom stereocenters. The van der Waals surface area contributed by atoms with Crippen LogP contribution in [0.3, 0.4) is 0 Å². The van der Waals surface area contributed by atoms with E-state index in [9.17, 15) is 4.79 Å². The summed E-state index contributed by atoms with van der Waals surface area (Å²) in [7, 11) is 0. The minimum atomic E-state index is -0.418. The third-order valence-electron chi connectivity index (χ3n) is 5.07. The van der Waals surface area contributed by atoms with Crippen LogP contribution in [0, 0.1) is 0 Å². The quantitative estimate of drug-likeness (QED) is 0.532. The van der Waals surface area contributed by atoms with Gasteiger partial charge in [-0.05, 0) is 40.8 Å². The van der Waals surface area contributed by atoms with Crippen LogP contribution in [-0.2, 0) is 11.3 Å². The van der Waals surface area contributed by atoms with E-state index in [2.05, 4.69) is 17.4 Å². The average Bonchev–Trinajstić information content (AvgIpc) is 3.08. The highest BCUT2D eigenvalue weighted by Gasteiger charge is 2.33. The van der Waals surface area contributed by atoms with Crippen LogP contribution in [0.5, 0.6) is 0 Å². The van der Waals surface area contributed by atoms with Gasteiger partial charge in [0.05, 0.1) is 16.1 Å². The van der Waals surface area contributed by atoms with Crippen molar-refractivity contribution >= 4 is 29.3 Å². The first-order valence-electron chi connectivity index (χ1n) is 9.13. The van der Waals surface area contributed by atoms with Crippen molar-refractivity contribution < 1.29 is 9.53 Å². The summed E-state index contributed by atoms with van der Waals surface area (Å²) in [6.07, 6.45) is 0.330. The SMILES string of the molecule is O=C(N[C@@H]1C[C@@H](c2ccc(Cl)c(Cl)c2)c2ccccc21)OCc1ccccc1. The van der Waals surface area contributed by atoms with Crippen LogP contribution in [0.4, 0.5) is 4.79 Å². The van der Waals surface area contributed by atoms with Crippen molar-refractivity contribution in [3.63, 3.8) is 0 Å². The van der Waals surface area contributed by atoms with Crippen LogP contribution in [0.15, 0.2) is 72.8 Å². The standard InChI is InChI=1S/C23H19Cl2NO2/c24-20-11-10-16(12-21(20)25)19-13-22(18-9-5-4-8-17(18)19)26-23(27)28-14-15-6-2-1-3-7-15/h1-12,19,22H,13-14H2,(H,26,27)/t19-,22+/m0/s1. The van der Waals surface area contributed by atoms with Gasteiger partial charge < -0.3 is 10.1 Å². The van der Waals surface area contributed by atoms with Gasteiger partial charge in [0.2, 0.25) is 0 Å². The molecule has 142 valence electrons. The molecule has 1 aliphatic carbocycles. The minimum absolute atomic E-state index is 0.112. The maximum Gasteiger partial charge on any atom is 0.407 e. The van der Waals surface area contributed by atoms with Crippen molar-refractivity contribution in [3.05, 3.63) is 105 Å². The van der Waals surface area contributed by atoms with Gasteiger partial charge in [0.25, 0.3) is 0 Å². The Morgan fingerprint density at radius 2 is 1.64 bits per heavy atom. The van der Waals surface area contributed by atoms with Crippen molar-refractivity contribution in [2.75, 3.05) is 0 Å². The van der Waals surface area contributed by atoms with E-state index in [4.69, 9.17) is 27.9 Å². The van der Waals surface area contributed by atoms with Crippen LogP contribution >= 0.6 is 23.2 Å². The predicted octanol–water partition coefficient (Wildman–Crippen LogP) is 6.50. The summed E-state index contributed by atoms with van der Waals surface area (Å²) >= 11 is 12.3. The number of nitrogens with one attached hydrogen (secondary N) is 1. The number of carbonyl (C=O) groups excluding carboxylic acids is 1. The lowest BCUT2D eigenvalue weighted by Gasteiger charge is -2.15. The van der Waals surface area contributed by atoms with E-state index in [0.29, 0.717) is 10.0 Å². The molecule has 0 spiro atoms. The van der Waals surface area contributed by atoms with Gasteiger partial charge in [0.1, 0.15) is 6.61 Å². The van der Waals surface area contributed by atoms with E-state index in [1.165, 1.54) is 5.56 Å². The Bertz CT molecular complexity index is 991. The van der Waals surface area contributed by atoms with Crippen LogP contribution in [0.25, 0.3) is 0 Å². The summed E-state index contributed by atoms with van der Waals surface area (Å²) in [6.45, 7) is 0.247. The second kappa shape index (κ2) is 8.26. The molecule has 1 N–H and O–H groups in total. The summed E-state index contributed by atoms with van der Waals surface area (Å²) < 4.78 is 5.39. The van der Waals surface area contributed by atoms with E-state index in [1.807, 2.05) is 60.7 Å². The van der Waals surface area contributed by atoms with E-state index < -0.39 is 6.09 Å². The van der Waals surface area contributed by atoms with E-state index >= 15 is 0 Å². The fraction of sp³-hybridized carbons (Fsp3) is 0.174. The summed E-state index contributed by atoms with van der Waals surface area (Å²) in [5.41, 5.74) is 4.34. The molecule has 0 fully saturated rings. The van der Waals surface area contributed by atoms with Crippen LogP contribution in [-0.4, -0.2) is 6.09 Å². The molecule has 0 radical (unpaired) electrons. The molecule has 0 aromatic heterocycles. The number of fused-ring (bicyclic) bond motifs is 1. The Kier molecular flexibility index (Phi) is 5.56. The largest absolute Gasteiger partial charge is 0.445 e. The van der Waals surface area contributed by atoms with Gasteiger partial charge in [0, 0.05) is 5.92 Å². The molecule has 3 aromatic rings. The second-order valence-electron chi connectivity index (χ2n) is 6.85. The number of rotatable bonds is 4. The highest BCUT2D eigenvalue weighted by molar-refractivity contribution is 6.42. The summed E-state index contributed by atoms with van der Waals surface area (Å²) in [4.78, 5) is 12.4. The Morgan fingerprint density at radius 1 is 0.929 bits per heavy atom. The zero-order valence-corrected chi connectivity index (χ0v) is 16.6. The number of ether oxygens (including phenoxy) is 1. The zero-order valence-electron chi connectivity index (χ0n) is 15.1. The van der Waals surface area contributed by atoms with Crippen LogP contribution in [0.1, 0.15) is 40.6 Å². The Hall–Kier alpha value is -2.49. The molecule has 0 heterocycles. The Morgan fingerprint density at radius 3 is 2.39 bits per heavy atom. The maximum absolute atomic E-state index is 12.4. The van der Waals surface area contributed by atoms with Crippen LogP contribution in [0.2, 0.25) is 10.0 Å². The van der Waals surface area contributed by atoms with Crippen molar-refractivity contribution in [1.29, 1.82) is 0 Å². The van der Waals surface area contributed by atoms with Gasteiger partial charge in [0.15, 0.2) is 0 Å². The zero-order chi connectivity index (χ0) is 19.5. The molecule has 0 aliphatic heterocycles. The van der Waals surface area contributed by atoms with Gasteiger partial charge in [-0.15, -0.1) is 0 Å². The third-order valence-corrected chi connectivity index (χ3v) is 5.81. The molecule has 0 saturated carbocycles. The topological polar surface area (TPSA) is 38.3 Å². The second-order valence-corrected chi connectivity index (χ2v) is 7.66. The smallest absolute Gasteiger partial charge is 0.407 e. The van der Waals surface area contributed by atoms with Crippen molar-refractivity contribution in [2.24, 2.45) is 0 Å². The number of hydrogen-bond acceptors (Lipinski definition) is 2. The van der Waals surface area contributed by atoms with Gasteiger partial charge >= 0.3 is 6.09 Å². The van der Waals surface area contributed by atoms with Gasteiger partial charge in [-0.1, -0.05) is 83.9 Å². The lowest BCUT2D eigenvalue weighted by Crippen LogP contribution is -2.27. The van der Waals surface area contributed by atoms with Gasteiger partial charge in [-0.25, -0.2) is 4.79 Å². The molecule has 2 atom stereocenters. The number of hydrogen-bond donors (Lipinski definition) is 1. The predicted molar refractivity (Wildman–Crippen MR) is 112 cm³/mol. The molecular weight excluding hydrogens is 393 g/mol. The number of alkyl carbamates (subject to hydrolysis) is 1. The van der Waals surface area contributed by atoms with E-state index in [-0.39, 0.29) is 18.6 Å². The first kappa shape index (κ1) is 18.9. The number of carbonyl (C=O) groups is 1. The number of benzene rings is 3. The maximum atomic E-state index is 12.4. The minimum Gasteiger partial charge on any atom is -0.445 e. The van der Waals surface area contributed by atoms with Crippen LogP contribution < -0.4 is 5.32 Å². The normalized spacial score (nSPS) is 17.8. The summed E-state index contributed by atoms with van der Waals surface area (Å²) in [5, 5.41) is 4.09. The Labute approximate surface area is 174 Å². The van der Waals surface area contributed by atoms with Gasteiger partial charge in [-0.2, -0.15) is 0 Å². The molecule has 3 nitrogen and oxygen atoms in total. The van der Waals surface area contributed by atoms with Gasteiger partial charge in [-0.3, -0.25) is 0 Å².